The summed E-state index contributed by atoms with van der Waals surface area (Å²) in [6, 6.07) is 0. The van der Waals surface area contributed by atoms with Crippen LogP contribution in [0.4, 0.5) is 0 Å². The van der Waals surface area contributed by atoms with Crippen molar-refractivity contribution in [3.8, 4) is 0 Å². The van der Waals surface area contributed by atoms with Gasteiger partial charge in [0.05, 0.1) is 5.75 Å². The molecule has 0 amide bonds. The molecule has 1 fully saturated rings. The van der Waals surface area contributed by atoms with Gasteiger partial charge in [0.2, 0.25) is 0 Å². The molecule has 2 heterocycles. The number of hydrogen-bond acceptors (Lipinski definition) is 5. The number of thiazole rings is 1. The van der Waals surface area contributed by atoms with Gasteiger partial charge in [-0.1, -0.05) is 6.42 Å². The van der Waals surface area contributed by atoms with Crippen LogP contribution in [0.25, 0.3) is 0 Å². The van der Waals surface area contributed by atoms with Gasteiger partial charge in [-0.25, -0.2) is 18.2 Å². The van der Waals surface area contributed by atoms with Crippen molar-refractivity contribution in [3.05, 3.63) is 16.1 Å². The van der Waals surface area contributed by atoms with Crippen molar-refractivity contribution in [3.63, 3.8) is 0 Å². The van der Waals surface area contributed by atoms with E-state index in [0.29, 0.717) is 17.8 Å². The Hall–Kier alpha value is -0.950. The van der Waals surface area contributed by atoms with Crippen LogP contribution in [-0.4, -0.2) is 30.2 Å². The molecule has 1 N–H and O–H groups in total. The quantitative estimate of drug-likeness (QED) is 0.871. The molecule has 1 atom stereocenters. The second kappa shape index (κ2) is 4.14. The number of carboxylic acid groups (broad SMARTS) is 1. The number of sulfone groups is 1. The monoisotopic (exact) mass is 261 g/mol. The van der Waals surface area contributed by atoms with E-state index in [1.54, 1.807) is 0 Å². The largest absolute Gasteiger partial charge is 0.476 e. The minimum absolute atomic E-state index is 0.0687. The van der Waals surface area contributed by atoms with Crippen molar-refractivity contribution in [2.45, 2.75) is 24.5 Å². The van der Waals surface area contributed by atoms with E-state index < -0.39 is 21.1 Å². The predicted octanol–water partition coefficient (Wildman–Crippen LogP) is 1.48. The maximum Gasteiger partial charge on any atom is 0.355 e. The first-order chi connectivity index (χ1) is 7.50. The Labute approximate surface area is 97.1 Å². The maximum absolute atomic E-state index is 11.8. The molecule has 0 aromatic carbocycles. The zero-order valence-corrected chi connectivity index (χ0v) is 10.1. The predicted molar refractivity (Wildman–Crippen MR) is 59.5 cm³/mol. The van der Waals surface area contributed by atoms with E-state index in [9.17, 15) is 13.2 Å². The highest BCUT2D eigenvalue weighted by atomic mass is 32.2. The molecule has 1 aromatic heterocycles. The number of aromatic nitrogens is 1. The summed E-state index contributed by atoms with van der Waals surface area (Å²) in [6.45, 7) is 0. The Morgan fingerprint density at radius 3 is 2.81 bits per heavy atom. The lowest BCUT2D eigenvalue weighted by Gasteiger charge is -2.19. The first-order valence-electron chi connectivity index (χ1n) is 4.91. The highest BCUT2D eigenvalue weighted by Gasteiger charge is 2.32. The van der Waals surface area contributed by atoms with Gasteiger partial charge >= 0.3 is 5.97 Å². The molecule has 1 aliphatic heterocycles. The molecule has 0 radical (unpaired) electrons. The zero-order chi connectivity index (χ0) is 11.8. The Balaban J connectivity index is 2.32. The van der Waals surface area contributed by atoms with Crippen LogP contribution in [0.15, 0.2) is 5.38 Å². The van der Waals surface area contributed by atoms with Gasteiger partial charge in [0.15, 0.2) is 15.5 Å². The highest BCUT2D eigenvalue weighted by Crippen LogP contribution is 2.34. The summed E-state index contributed by atoms with van der Waals surface area (Å²) in [5, 5.41) is 9.93. The minimum Gasteiger partial charge on any atom is -0.476 e. The van der Waals surface area contributed by atoms with E-state index in [0.717, 1.165) is 17.8 Å². The van der Waals surface area contributed by atoms with E-state index in [-0.39, 0.29) is 11.4 Å². The fourth-order valence-electron chi connectivity index (χ4n) is 1.77. The van der Waals surface area contributed by atoms with Gasteiger partial charge in [-0.3, -0.25) is 0 Å². The fourth-order valence-corrected chi connectivity index (χ4v) is 4.96. The molecule has 1 unspecified atom stereocenters. The summed E-state index contributed by atoms with van der Waals surface area (Å²) < 4.78 is 23.6. The molecule has 0 spiro atoms. The van der Waals surface area contributed by atoms with E-state index in [2.05, 4.69) is 4.98 Å². The Bertz CT molecular complexity index is 505. The van der Waals surface area contributed by atoms with E-state index >= 15 is 0 Å². The van der Waals surface area contributed by atoms with Crippen molar-refractivity contribution in [2.24, 2.45) is 0 Å². The van der Waals surface area contributed by atoms with Crippen LogP contribution < -0.4 is 0 Å². The summed E-state index contributed by atoms with van der Waals surface area (Å²) in [5.41, 5.74) is -0.0687. The van der Waals surface area contributed by atoms with Crippen molar-refractivity contribution >= 4 is 27.1 Å². The third-order valence-electron chi connectivity index (χ3n) is 2.60. The smallest absolute Gasteiger partial charge is 0.355 e. The lowest BCUT2D eigenvalue weighted by Crippen LogP contribution is -2.21. The average molecular weight is 261 g/mol. The lowest BCUT2D eigenvalue weighted by atomic mass is 10.2. The minimum atomic E-state index is -3.13. The molecule has 16 heavy (non-hydrogen) atoms. The van der Waals surface area contributed by atoms with Crippen LogP contribution in [0, 0.1) is 0 Å². The molecular weight excluding hydrogens is 250 g/mol. The Morgan fingerprint density at radius 2 is 2.25 bits per heavy atom. The Kier molecular flexibility index (Phi) is 2.98. The number of hydrogen-bond donors (Lipinski definition) is 1. The second-order valence-corrected chi connectivity index (χ2v) is 6.92. The van der Waals surface area contributed by atoms with E-state index in [1.807, 2.05) is 0 Å². The van der Waals surface area contributed by atoms with E-state index in [4.69, 9.17) is 5.11 Å². The summed E-state index contributed by atoms with van der Waals surface area (Å²) in [5.74, 6) is -0.935. The highest BCUT2D eigenvalue weighted by molar-refractivity contribution is 7.91. The topological polar surface area (TPSA) is 84.3 Å². The summed E-state index contributed by atoms with van der Waals surface area (Å²) in [6.07, 6.45) is 2.09. The number of nitrogens with zero attached hydrogens (tertiary/aromatic N) is 1. The molecule has 7 heteroatoms. The van der Waals surface area contributed by atoms with Crippen molar-refractivity contribution in [1.29, 1.82) is 0 Å². The third-order valence-corrected chi connectivity index (χ3v) is 5.89. The molecular formula is C9H11NO4S2. The first-order valence-corrected chi connectivity index (χ1v) is 7.50. The van der Waals surface area contributed by atoms with Crippen LogP contribution >= 0.6 is 11.3 Å². The van der Waals surface area contributed by atoms with Crippen LogP contribution in [-0.2, 0) is 9.84 Å². The summed E-state index contributed by atoms with van der Waals surface area (Å²) in [7, 11) is -3.13. The molecule has 88 valence electrons. The number of rotatable bonds is 2. The van der Waals surface area contributed by atoms with Gasteiger partial charge in [-0.15, -0.1) is 11.3 Å². The molecule has 2 rings (SSSR count). The summed E-state index contributed by atoms with van der Waals surface area (Å²) >= 11 is 1.12. The van der Waals surface area contributed by atoms with Crippen molar-refractivity contribution in [2.75, 3.05) is 5.75 Å². The lowest BCUT2D eigenvalue weighted by molar-refractivity contribution is 0.0691. The molecule has 1 aliphatic rings. The van der Waals surface area contributed by atoms with Crippen LogP contribution in [0.3, 0.4) is 0 Å². The molecule has 0 bridgehead atoms. The average Bonchev–Trinajstić information content (AvgIpc) is 2.65. The molecule has 1 aromatic rings. The van der Waals surface area contributed by atoms with Crippen molar-refractivity contribution < 1.29 is 18.3 Å². The number of carbonyl (C=O) groups is 1. The molecule has 1 saturated heterocycles. The number of carboxylic acids is 1. The van der Waals surface area contributed by atoms with Gasteiger partial charge in [-0.2, -0.15) is 0 Å². The fraction of sp³-hybridized carbons (Fsp3) is 0.556. The second-order valence-electron chi connectivity index (χ2n) is 3.73. The summed E-state index contributed by atoms with van der Waals surface area (Å²) in [4.78, 5) is 14.5. The van der Waals surface area contributed by atoms with Gasteiger partial charge in [0.25, 0.3) is 0 Å². The molecule has 0 aliphatic carbocycles. The van der Waals surface area contributed by atoms with Crippen LogP contribution in [0.5, 0.6) is 0 Å². The van der Waals surface area contributed by atoms with E-state index in [1.165, 1.54) is 5.38 Å². The van der Waals surface area contributed by atoms with Crippen molar-refractivity contribution in [1.82, 2.24) is 4.98 Å². The zero-order valence-electron chi connectivity index (χ0n) is 8.42. The van der Waals surface area contributed by atoms with Crippen LogP contribution in [0.1, 0.15) is 40.0 Å². The van der Waals surface area contributed by atoms with Gasteiger partial charge in [-0.05, 0) is 12.8 Å². The molecule has 0 saturated carbocycles. The maximum atomic E-state index is 11.8. The van der Waals surface area contributed by atoms with Crippen LogP contribution in [0.2, 0.25) is 0 Å². The normalized spacial score (nSPS) is 24.1. The SMILES string of the molecule is O=C(O)c1csc(C2CCCCS2(=O)=O)n1. The van der Waals surface area contributed by atoms with Gasteiger partial charge in [0.1, 0.15) is 10.3 Å². The molecule has 5 nitrogen and oxygen atoms in total. The Morgan fingerprint density at radius 1 is 1.50 bits per heavy atom. The van der Waals surface area contributed by atoms with Gasteiger partial charge in [0, 0.05) is 5.38 Å². The standard InChI is InChI=1S/C9H11NO4S2/c11-9(12)6-5-15-8(10-6)7-3-1-2-4-16(7,13)14/h5,7H,1-4H2,(H,11,12). The number of aromatic carboxylic acids is 1. The third kappa shape index (κ3) is 2.10. The first kappa shape index (κ1) is 11.5. The van der Waals surface area contributed by atoms with Gasteiger partial charge < -0.3 is 5.11 Å².